The first-order valence-electron chi connectivity index (χ1n) is 10.4. The Hall–Kier alpha value is -3.62. The third kappa shape index (κ3) is 2.76. The summed E-state index contributed by atoms with van der Waals surface area (Å²) in [4.78, 5) is 22.6. The Morgan fingerprint density at radius 2 is 1.94 bits per heavy atom. The zero-order valence-corrected chi connectivity index (χ0v) is 16.9. The predicted molar refractivity (Wildman–Crippen MR) is 113 cm³/mol. The molecular formula is C22H22N6O3. The summed E-state index contributed by atoms with van der Waals surface area (Å²) in [5.74, 6) is 2.76. The van der Waals surface area contributed by atoms with Crippen molar-refractivity contribution in [3.63, 3.8) is 0 Å². The van der Waals surface area contributed by atoms with Crippen molar-refractivity contribution in [1.82, 2.24) is 24.6 Å². The Bertz CT molecular complexity index is 1210. The molecule has 158 valence electrons. The second-order valence-electron chi connectivity index (χ2n) is 8.41. The van der Waals surface area contributed by atoms with Gasteiger partial charge in [-0.1, -0.05) is 6.58 Å². The van der Waals surface area contributed by atoms with Crippen molar-refractivity contribution in [2.24, 2.45) is 11.8 Å². The molecule has 3 aromatic rings. The second-order valence-corrected chi connectivity index (χ2v) is 8.41. The maximum absolute atomic E-state index is 12.0. The molecule has 0 spiro atoms. The first-order valence-corrected chi connectivity index (χ1v) is 10.4. The molecule has 2 aliphatic heterocycles. The van der Waals surface area contributed by atoms with Crippen LogP contribution in [0.15, 0.2) is 37.2 Å². The normalized spacial score (nSPS) is 24.0. The van der Waals surface area contributed by atoms with Crippen LogP contribution in [0.4, 0.5) is 5.82 Å². The van der Waals surface area contributed by atoms with Crippen molar-refractivity contribution in [3.05, 3.63) is 37.2 Å². The highest BCUT2D eigenvalue weighted by Gasteiger charge is 2.43. The number of hydrogen-bond donors (Lipinski definition) is 1. The smallest absolute Gasteiger partial charge is 0.245 e. The summed E-state index contributed by atoms with van der Waals surface area (Å²) in [7, 11) is 0. The number of nitrogen functional groups attached to an aromatic ring is 1. The van der Waals surface area contributed by atoms with E-state index >= 15 is 0 Å². The summed E-state index contributed by atoms with van der Waals surface area (Å²) in [6.45, 7) is 5.38. The molecule has 4 heterocycles. The summed E-state index contributed by atoms with van der Waals surface area (Å²) in [5, 5.41) is 5.72. The van der Waals surface area contributed by atoms with E-state index in [1.807, 2.05) is 27.8 Å². The predicted octanol–water partition coefficient (Wildman–Crippen LogP) is 2.40. The van der Waals surface area contributed by atoms with Gasteiger partial charge in [0.2, 0.25) is 12.7 Å². The lowest BCUT2D eigenvalue weighted by molar-refractivity contribution is -0.125. The van der Waals surface area contributed by atoms with E-state index in [2.05, 4.69) is 16.5 Å². The largest absolute Gasteiger partial charge is 0.454 e. The van der Waals surface area contributed by atoms with Crippen LogP contribution in [-0.2, 0) is 4.79 Å². The van der Waals surface area contributed by atoms with Gasteiger partial charge in [-0.2, -0.15) is 5.10 Å². The molecule has 2 aromatic heterocycles. The minimum Gasteiger partial charge on any atom is -0.454 e. The molecule has 2 N–H and O–H groups in total. The van der Waals surface area contributed by atoms with Gasteiger partial charge in [0.15, 0.2) is 17.1 Å². The number of nitrogens with two attached hydrogens (primary N) is 1. The zero-order chi connectivity index (χ0) is 21.1. The quantitative estimate of drug-likeness (QED) is 0.651. The fourth-order valence-electron chi connectivity index (χ4n) is 5.27. The summed E-state index contributed by atoms with van der Waals surface area (Å²) >= 11 is 0. The lowest BCUT2D eigenvalue weighted by Crippen LogP contribution is -2.28. The number of hydrogen-bond acceptors (Lipinski definition) is 7. The first kappa shape index (κ1) is 18.2. The van der Waals surface area contributed by atoms with Crippen LogP contribution in [0, 0.1) is 11.8 Å². The molecule has 9 heteroatoms. The van der Waals surface area contributed by atoms with Gasteiger partial charge in [-0.3, -0.25) is 4.79 Å². The lowest BCUT2D eigenvalue weighted by Gasteiger charge is -2.18. The first-order chi connectivity index (χ1) is 15.1. The number of fused-ring (bicyclic) bond motifs is 3. The van der Waals surface area contributed by atoms with Crippen molar-refractivity contribution in [3.8, 4) is 22.8 Å². The Balaban J connectivity index is 1.37. The van der Waals surface area contributed by atoms with E-state index in [1.54, 1.807) is 0 Å². The van der Waals surface area contributed by atoms with E-state index in [1.165, 1.54) is 12.4 Å². The highest BCUT2D eigenvalue weighted by Crippen LogP contribution is 2.46. The highest BCUT2D eigenvalue weighted by atomic mass is 16.7. The van der Waals surface area contributed by atoms with Gasteiger partial charge in [0.1, 0.15) is 17.8 Å². The van der Waals surface area contributed by atoms with Crippen LogP contribution < -0.4 is 15.2 Å². The number of carbonyl (C=O) groups excluding carboxylic acids is 1. The third-order valence-corrected chi connectivity index (χ3v) is 6.72. The van der Waals surface area contributed by atoms with Crippen molar-refractivity contribution in [1.29, 1.82) is 0 Å². The van der Waals surface area contributed by atoms with E-state index in [0.717, 1.165) is 54.0 Å². The molecule has 1 aliphatic carbocycles. The van der Waals surface area contributed by atoms with Gasteiger partial charge in [-0.25, -0.2) is 14.6 Å². The van der Waals surface area contributed by atoms with Crippen LogP contribution >= 0.6 is 0 Å². The minimum absolute atomic E-state index is 0.0149. The van der Waals surface area contributed by atoms with E-state index in [0.29, 0.717) is 23.4 Å². The molecule has 1 aromatic carbocycles. The zero-order valence-electron chi connectivity index (χ0n) is 16.9. The number of benzene rings is 1. The molecule has 1 saturated carbocycles. The van der Waals surface area contributed by atoms with Crippen molar-refractivity contribution < 1.29 is 14.3 Å². The number of likely N-dealkylation sites (tertiary alicyclic amines) is 1. The monoisotopic (exact) mass is 418 g/mol. The summed E-state index contributed by atoms with van der Waals surface area (Å²) < 4.78 is 13.0. The lowest BCUT2D eigenvalue weighted by atomic mass is 10.0. The van der Waals surface area contributed by atoms with Gasteiger partial charge in [0, 0.05) is 18.7 Å². The van der Waals surface area contributed by atoms with Crippen LogP contribution in [0.5, 0.6) is 11.5 Å². The molecule has 2 fully saturated rings. The standard InChI is InChI=1S/C22H22N6O3/c1-2-18(29)27-8-13-5-15(6-14(13)9-27)28-22-19(21(23)24-10-25-22)20(26-28)12-3-4-16-17(7-12)31-11-30-16/h2-4,7,10,13-15H,1,5-6,8-9,11H2,(H2,23,24,25). The van der Waals surface area contributed by atoms with Gasteiger partial charge in [-0.15, -0.1) is 0 Å². The molecule has 31 heavy (non-hydrogen) atoms. The Kier molecular flexibility index (Phi) is 3.92. The van der Waals surface area contributed by atoms with Gasteiger partial charge >= 0.3 is 0 Å². The number of rotatable bonds is 3. The molecule has 0 radical (unpaired) electrons. The second kappa shape index (κ2) is 6.69. The molecule has 2 unspecified atom stereocenters. The maximum Gasteiger partial charge on any atom is 0.245 e. The molecule has 2 atom stereocenters. The van der Waals surface area contributed by atoms with Crippen LogP contribution in [-0.4, -0.2) is 50.4 Å². The Labute approximate surface area is 178 Å². The fourth-order valence-corrected chi connectivity index (χ4v) is 5.27. The SMILES string of the molecule is C=CC(=O)N1CC2CC(n3nc(-c4ccc5c(c4)OCO5)c4c(N)ncnc43)CC2C1. The van der Waals surface area contributed by atoms with Gasteiger partial charge in [-0.05, 0) is 49.0 Å². The number of aromatic nitrogens is 4. The average molecular weight is 418 g/mol. The number of carbonyl (C=O) groups is 1. The molecule has 9 nitrogen and oxygen atoms in total. The molecule has 6 rings (SSSR count). The molecular weight excluding hydrogens is 396 g/mol. The average Bonchev–Trinajstić information content (AvgIpc) is 3.53. The molecule has 3 aliphatic rings. The van der Waals surface area contributed by atoms with Gasteiger partial charge in [0.05, 0.1) is 11.4 Å². The van der Waals surface area contributed by atoms with Crippen LogP contribution in [0.25, 0.3) is 22.3 Å². The summed E-state index contributed by atoms with van der Waals surface area (Å²) in [6.07, 6.45) is 4.79. The Morgan fingerprint density at radius 3 is 2.71 bits per heavy atom. The minimum atomic E-state index is 0.0149. The molecule has 0 bridgehead atoms. The van der Waals surface area contributed by atoms with Crippen LogP contribution in [0.1, 0.15) is 18.9 Å². The third-order valence-electron chi connectivity index (χ3n) is 6.72. The van der Waals surface area contributed by atoms with E-state index in [4.69, 9.17) is 20.3 Å². The van der Waals surface area contributed by atoms with Gasteiger partial charge < -0.3 is 20.1 Å². The number of amides is 1. The maximum atomic E-state index is 12.0. The summed E-state index contributed by atoms with van der Waals surface area (Å²) in [5.41, 5.74) is 8.63. The summed E-state index contributed by atoms with van der Waals surface area (Å²) in [6, 6.07) is 5.96. The van der Waals surface area contributed by atoms with E-state index in [-0.39, 0.29) is 18.7 Å². The van der Waals surface area contributed by atoms with Crippen molar-refractivity contribution in [2.45, 2.75) is 18.9 Å². The topological polar surface area (TPSA) is 108 Å². The van der Waals surface area contributed by atoms with Crippen LogP contribution in [0.2, 0.25) is 0 Å². The van der Waals surface area contributed by atoms with Gasteiger partial charge in [0.25, 0.3) is 0 Å². The van der Waals surface area contributed by atoms with Crippen molar-refractivity contribution in [2.75, 3.05) is 25.6 Å². The molecule has 1 amide bonds. The number of ether oxygens (including phenoxy) is 2. The Morgan fingerprint density at radius 1 is 1.16 bits per heavy atom. The van der Waals surface area contributed by atoms with Crippen molar-refractivity contribution >= 4 is 22.8 Å². The fraction of sp³-hybridized carbons (Fsp3) is 0.364. The number of anilines is 1. The highest BCUT2D eigenvalue weighted by molar-refractivity contribution is 5.98. The number of nitrogens with zero attached hydrogens (tertiary/aromatic N) is 5. The van der Waals surface area contributed by atoms with E-state index < -0.39 is 0 Å². The molecule has 1 saturated heterocycles. The van der Waals surface area contributed by atoms with Crippen LogP contribution in [0.3, 0.4) is 0 Å². The van der Waals surface area contributed by atoms with E-state index in [9.17, 15) is 4.79 Å².